The molecule has 0 radical (unpaired) electrons. The molecule has 0 aliphatic rings. The first-order valence-electron chi connectivity index (χ1n) is 5.62. The van der Waals surface area contributed by atoms with Crippen molar-refractivity contribution in [3.63, 3.8) is 0 Å². The van der Waals surface area contributed by atoms with Crippen molar-refractivity contribution in [1.29, 1.82) is 0 Å². The molecule has 0 atom stereocenters. The van der Waals surface area contributed by atoms with E-state index in [1.54, 1.807) is 6.07 Å². The maximum Gasteiger partial charge on any atom is 0.231 e. The second kappa shape index (κ2) is 4.72. The minimum Gasteiger partial charge on any atom is -0.458 e. The minimum absolute atomic E-state index is 0.0664. The average Bonchev–Trinajstić information content (AvgIpc) is 2.81. The molecule has 0 unspecified atom stereocenters. The van der Waals surface area contributed by atoms with Crippen LogP contribution in [0.3, 0.4) is 0 Å². The van der Waals surface area contributed by atoms with Crippen molar-refractivity contribution in [2.24, 2.45) is 0 Å². The molecule has 2 rings (SSSR count). The highest BCUT2D eigenvalue weighted by molar-refractivity contribution is 6.07. The molecule has 2 aromatic rings. The molecule has 1 heterocycles. The maximum absolute atomic E-state index is 13.6. The van der Waals surface area contributed by atoms with E-state index in [1.807, 2.05) is 6.92 Å². The van der Waals surface area contributed by atoms with Crippen molar-refractivity contribution in [3.05, 3.63) is 58.5 Å². The van der Waals surface area contributed by atoms with Gasteiger partial charge >= 0.3 is 0 Å². The van der Waals surface area contributed by atoms with Gasteiger partial charge in [-0.1, -0.05) is 6.92 Å². The van der Waals surface area contributed by atoms with Crippen molar-refractivity contribution in [2.75, 3.05) is 0 Å². The topological polar surface area (TPSA) is 30.2 Å². The van der Waals surface area contributed by atoms with E-state index in [9.17, 15) is 13.6 Å². The quantitative estimate of drug-likeness (QED) is 0.778. The molecule has 0 aliphatic carbocycles. The molecule has 0 saturated heterocycles. The predicted octanol–water partition coefficient (Wildman–Crippen LogP) is 3.66. The lowest BCUT2D eigenvalue weighted by Crippen LogP contribution is -2.04. The van der Waals surface area contributed by atoms with Crippen LogP contribution in [-0.4, -0.2) is 5.78 Å². The smallest absolute Gasteiger partial charge is 0.231 e. The Morgan fingerprint density at radius 3 is 2.56 bits per heavy atom. The number of furan rings is 1. The largest absolute Gasteiger partial charge is 0.458 e. The number of aryl methyl sites for hydroxylation is 2. The predicted molar refractivity (Wildman–Crippen MR) is 62.6 cm³/mol. The normalized spacial score (nSPS) is 10.7. The first-order chi connectivity index (χ1) is 8.52. The van der Waals surface area contributed by atoms with Crippen LogP contribution in [0.25, 0.3) is 0 Å². The van der Waals surface area contributed by atoms with E-state index in [0.717, 1.165) is 0 Å². The third kappa shape index (κ3) is 2.18. The van der Waals surface area contributed by atoms with Crippen LogP contribution in [0.1, 0.15) is 34.4 Å². The van der Waals surface area contributed by atoms with Crippen LogP contribution in [-0.2, 0) is 6.42 Å². The zero-order valence-corrected chi connectivity index (χ0v) is 10.1. The van der Waals surface area contributed by atoms with Crippen molar-refractivity contribution < 1.29 is 18.0 Å². The van der Waals surface area contributed by atoms with Gasteiger partial charge in [-0.05, 0) is 30.7 Å². The molecule has 0 amide bonds. The van der Waals surface area contributed by atoms with Crippen LogP contribution in [0.15, 0.2) is 28.7 Å². The fourth-order valence-corrected chi connectivity index (χ4v) is 1.65. The van der Waals surface area contributed by atoms with Crippen molar-refractivity contribution in [1.82, 2.24) is 0 Å². The molecular formula is C14H12F2O2. The molecule has 4 heteroatoms. The summed E-state index contributed by atoms with van der Waals surface area (Å²) in [5.41, 5.74) is 0.0490. The van der Waals surface area contributed by atoms with E-state index < -0.39 is 17.4 Å². The summed E-state index contributed by atoms with van der Waals surface area (Å²) in [4.78, 5) is 12.0. The Kier molecular flexibility index (Phi) is 3.28. The lowest BCUT2D eigenvalue weighted by Gasteiger charge is -2.03. The maximum atomic E-state index is 13.6. The average molecular weight is 250 g/mol. The van der Waals surface area contributed by atoms with E-state index in [0.29, 0.717) is 18.2 Å². The summed E-state index contributed by atoms with van der Waals surface area (Å²) in [5.74, 6) is -1.40. The Labute approximate surface area is 103 Å². The second-order valence-corrected chi connectivity index (χ2v) is 4.03. The number of carbonyl (C=O) groups is 1. The van der Waals surface area contributed by atoms with Crippen LogP contribution < -0.4 is 0 Å². The number of hydrogen-bond acceptors (Lipinski definition) is 2. The van der Waals surface area contributed by atoms with Crippen LogP contribution in [0.2, 0.25) is 0 Å². The van der Waals surface area contributed by atoms with Crippen LogP contribution in [0.4, 0.5) is 8.78 Å². The lowest BCUT2D eigenvalue weighted by atomic mass is 10.1. The van der Waals surface area contributed by atoms with E-state index in [4.69, 9.17) is 4.42 Å². The molecule has 0 spiro atoms. The zero-order valence-electron chi connectivity index (χ0n) is 10.1. The summed E-state index contributed by atoms with van der Waals surface area (Å²) in [6.45, 7) is 3.36. The van der Waals surface area contributed by atoms with Gasteiger partial charge in [0.15, 0.2) is 5.76 Å². The second-order valence-electron chi connectivity index (χ2n) is 4.03. The Bertz CT molecular complexity index is 600. The number of ketones is 1. The fourth-order valence-electron chi connectivity index (χ4n) is 1.65. The van der Waals surface area contributed by atoms with Gasteiger partial charge in [-0.3, -0.25) is 4.79 Å². The molecule has 2 nitrogen and oxygen atoms in total. The van der Waals surface area contributed by atoms with Gasteiger partial charge in [-0.2, -0.15) is 0 Å². The Morgan fingerprint density at radius 1 is 1.22 bits per heavy atom. The van der Waals surface area contributed by atoms with Gasteiger partial charge in [-0.15, -0.1) is 0 Å². The van der Waals surface area contributed by atoms with E-state index in [1.165, 1.54) is 19.1 Å². The molecular weight excluding hydrogens is 238 g/mol. The van der Waals surface area contributed by atoms with Crippen molar-refractivity contribution in [3.8, 4) is 0 Å². The van der Waals surface area contributed by atoms with Gasteiger partial charge in [0.05, 0.1) is 5.56 Å². The van der Waals surface area contributed by atoms with Gasteiger partial charge in [0.25, 0.3) is 0 Å². The third-order valence-corrected chi connectivity index (χ3v) is 2.73. The molecule has 0 bridgehead atoms. The molecule has 0 N–H and O–H groups in total. The third-order valence-electron chi connectivity index (χ3n) is 2.73. The molecule has 1 aromatic carbocycles. The van der Waals surface area contributed by atoms with Crippen molar-refractivity contribution >= 4 is 5.78 Å². The van der Waals surface area contributed by atoms with Crippen LogP contribution in [0, 0.1) is 18.6 Å². The summed E-state index contributed by atoms with van der Waals surface area (Å²) in [5, 5.41) is 0. The van der Waals surface area contributed by atoms with Gasteiger partial charge in [0, 0.05) is 12.5 Å². The summed E-state index contributed by atoms with van der Waals surface area (Å²) < 4.78 is 31.9. The Hall–Kier alpha value is -1.97. The monoisotopic (exact) mass is 250 g/mol. The van der Waals surface area contributed by atoms with Gasteiger partial charge in [0.2, 0.25) is 5.78 Å². The lowest BCUT2D eigenvalue weighted by molar-refractivity contribution is 0.100. The SMILES string of the molecule is CCc1ccc(C(=O)c2cc(C)c(F)cc2F)o1. The molecule has 0 fully saturated rings. The molecule has 1 aromatic heterocycles. The highest BCUT2D eigenvalue weighted by atomic mass is 19.1. The fraction of sp³-hybridized carbons (Fsp3) is 0.214. The van der Waals surface area contributed by atoms with Gasteiger partial charge in [-0.25, -0.2) is 8.78 Å². The van der Waals surface area contributed by atoms with Gasteiger partial charge in [0.1, 0.15) is 17.4 Å². The number of hydrogen-bond donors (Lipinski definition) is 0. The minimum atomic E-state index is -0.877. The summed E-state index contributed by atoms with van der Waals surface area (Å²) in [6, 6.07) is 5.08. The van der Waals surface area contributed by atoms with Crippen molar-refractivity contribution in [2.45, 2.75) is 20.3 Å². The van der Waals surface area contributed by atoms with E-state index >= 15 is 0 Å². The molecule has 0 saturated carbocycles. The summed E-state index contributed by atoms with van der Waals surface area (Å²) in [7, 11) is 0. The molecule has 94 valence electrons. The summed E-state index contributed by atoms with van der Waals surface area (Å²) in [6.07, 6.45) is 0.651. The van der Waals surface area contributed by atoms with Gasteiger partial charge < -0.3 is 4.42 Å². The standard InChI is InChI=1S/C14H12F2O2/c1-3-9-4-5-13(18-9)14(17)10-6-8(2)11(15)7-12(10)16/h4-7H,3H2,1-2H3. The highest BCUT2D eigenvalue weighted by Gasteiger charge is 2.19. The number of benzene rings is 1. The molecule has 0 aliphatic heterocycles. The Morgan fingerprint density at radius 2 is 1.94 bits per heavy atom. The highest BCUT2D eigenvalue weighted by Crippen LogP contribution is 2.19. The van der Waals surface area contributed by atoms with Crippen LogP contribution >= 0.6 is 0 Å². The number of halogens is 2. The first-order valence-corrected chi connectivity index (χ1v) is 5.62. The van der Waals surface area contributed by atoms with Crippen LogP contribution in [0.5, 0.6) is 0 Å². The summed E-state index contributed by atoms with van der Waals surface area (Å²) >= 11 is 0. The zero-order chi connectivity index (χ0) is 13.3. The van der Waals surface area contributed by atoms with E-state index in [2.05, 4.69) is 0 Å². The number of carbonyl (C=O) groups excluding carboxylic acids is 1. The number of rotatable bonds is 3. The molecule has 18 heavy (non-hydrogen) atoms. The van der Waals surface area contributed by atoms with E-state index in [-0.39, 0.29) is 16.9 Å². The first kappa shape index (κ1) is 12.5. The Balaban J connectivity index is 2.42.